The van der Waals surface area contributed by atoms with E-state index in [2.05, 4.69) is 18.8 Å². The minimum Gasteiger partial charge on any atom is -0.166 e. The van der Waals surface area contributed by atoms with E-state index in [1.807, 2.05) is 0 Å². The van der Waals surface area contributed by atoms with Crippen LogP contribution in [0.25, 0.3) is 0 Å². The van der Waals surface area contributed by atoms with Crippen LogP contribution >= 0.6 is 0 Å². The third kappa shape index (κ3) is 5.27. The molecule has 98 valence electrons. The Bertz CT molecular complexity index is 404. The smallest absolute Gasteiger partial charge is 0.166 e. The fourth-order valence-electron chi connectivity index (χ4n) is 1.55. The summed E-state index contributed by atoms with van der Waals surface area (Å²) in [4.78, 5) is 0. The summed E-state index contributed by atoms with van der Waals surface area (Å²) in [6.07, 6.45) is 1.15. The molecule has 0 amide bonds. The van der Waals surface area contributed by atoms with Gasteiger partial charge in [-0.25, -0.2) is 0 Å². The van der Waals surface area contributed by atoms with E-state index >= 15 is 0 Å². The van der Waals surface area contributed by atoms with Gasteiger partial charge in [0.05, 0.1) is 5.56 Å². The van der Waals surface area contributed by atoms with E-state index in [-0.39, 0.29) is 0 Å². The molecule has 0 aliphatic carbocycles. The first kappa shape index (κ1) is 14.6. The Kier molecular flexibility index (Phi) is 5.77. The molecule has 0 radical (unpaired) electrons. The summed E-state index contributed by atoms with van der Waals surface area (Å²) in [6, 6.07) is 4.98. The van der Waals surface area contributed by atoms with Gasteiger partial charge in [0.25, 0.3) is 0 Å². The van der Waals surface area contributed by atoms with Crippen LogP contribution in [0, 0.1) is 11.8 Å². The molecule has 0 unspecified atom stereocenters. The van der Waals surface area contributed by atoms with Crippen molar-refractivity contribution in [1.82, 2.24) is 0 Å². The molecule has 1 aromatic carbocycles. The highest BCUT2D eigenvalue weighted by Gasteiger charge is 2.29. The molecule has 0 aliphatic heterocycles. The Morgan fingerprint density at radius 3 is 2.22 bits per heavy atom. The van der Waals surface area contributed by atoms with E-state index in [0.717, 1.165) is 31.4 Å². The highest BCUT2D eigenvalue weighted by molar-refractivity contribution is 5.36. The van der Waals surface area contributed by atoms with Gasteiger partial charge in [0.2, 0.25) is 0 Å². The van der Waals surface area contributed by atoms with Crippen LogP contribution in [0.2, 0.25) is 0 Å². The Labute approximate surface area is 106 Å². The Hall–Kier alpha value is -1.43. The molecular weight excluding hydrogens is 237 g/mol. The van der Waals surface area contributed by atoms with Gasteiger partial charge in [-0.1, -0.05) is 38.0 Å². The first-order chi connectivity index (χ1) is 8.54. The SMILES string of the molecule is CCCCCCC#Cc1ccc(C(F)(F)F)cc1. The molecule has 0 fully saturated rings. The monoisotopic (exact) mass is 254 g/mol. The van der Waals surface area contributed by atoms with Gasteiger partial charge >= 0.3 is 6.18 Å². The third-order valence-electron chi connectivity index (χ3n) is 2.60. The Balaban J connectivity index is 2.47. The van der Waals surface area contributed by atoms with Crippen molar-refractivity contribution < 1.29 is 13.2 Å². The van der Waals surface area contributed by atoms with Crippen molar-refractivity contribution in [2.75, 3.05) is 0 Å². The molecule has 0 aromatic heterocycles. The topological polar surface area (TPSA) is 0 Å². The van der Waals surface area contributed by atoms with Crippen molar-refractivity contribution in [2.45, 2.75) is 45.2 Å². The fraction of sp³-hybridized carbons (Fsp3) is 0.467. The van der Waals surface area contributed by atoms with E-state index < -0.39 is 11.7 Å². The lowest BCUT2D eigenvalue weighted by atomic mass is 10.1. The van der Waals surface area contributed by atoms with Crippen LogP contribution in [0.3, 0.4) is 0 Å². The summed E-state index contributed by atoms with van der Waals surface area (Å²) in [7, 11) is 0. The summed E-state index contributed by atoms with van der Waals surface area (Å²) in [5.41, 5.74) is 0.00878. The summed E-state index contributed by atoms with van der Waals surface area (Å²) in [5, 5.41) is 0. The highest BCUT2D eigenvalue weighted by atomic mass is 19.4. The van der Waals surface area contributed by atoms with Gasteiger partial charge in [-0.2, -0.15) is 13.2 Å². The maximum absolute atomic E-state index is 12.3. The molecule has 0 nitrogen and oxygen atoms in total. The second-order valence-electron chi connectivity index (χ2n) is 4.19. The van der Waals surface area contributed by atoms with E-state index in [4.69, 9.17) is 0 Å². The maximum atomic E-state index is 12.3. The van der Waals surface area contributed by atoms with Crippen LogP contribution in [0.4, 0.5) is 13.2 Å². The van der Waals surface area contributed by atoms with Gasteiger partial charge in [0.15, 0.2) is 0 Å². The Morgan fingerprint density at radius 2 is 1.67 bits per heavy atom. The van der Waals surface area contributed by atoms with E-state index in [9.17, 15) is 13.2 Å². The van der Waals surface area contributed by atoms with Gasteiger partial charge in [-0.05, 0) is 30.7 Å². The fourth-order valence-corrected chi connectivity index (χ4v) is 1.55. The van der Waals surface area contributed by atoms with Crippen LogP contribution in [0.5, 0.6) is 0 Å². The largest absolute Gasteiger partial charge is 0.416 e. The molecule has 3 heteroatoms. The second kappa shape index (κ2) is 7.10. The predicted octanol–water partition coefficient (Wildman–Crippen LogP) is 5.03. The number of alkyl halides is 3. The van der Waals surface area contributed by atoms with E-state index in [1.165, 1.54) is 25.0 Å². The lowest BCUT2D eigenvalue weighted by Crippen LogP contribution is -2.04. The van der Waals surface area contributed by atoms with Crippen molar-refractivity contribution in [3.63, 3.8) is 0 Å². The summed E-state index contributed by atoms with van der Waals surface area (Å²) in [5.74, 6) is 5.87. The Morgan fingerprint density at radius 1 is 1.00 bits per heavy atom. The van der Waals surface area contributed by atoms with E-state index in [0.29, 0.717) is 5.56 Å². The lowest BCUT2D eigenvalue weighted by molar-refractivity contribution is -0.137. The molecule has 0 atom stereocenters. The van der Waals surface area contributed by atoms with Gasteiger partial charge < -0.3 is 0 Å². The van der Waals surface area contributed by atoms with Crippen LogP contribution < -0.4 is 0 Å². The first-order valence-corrected chi connectivity index (χ1v) is 6.20. The zero-order chi connectivity index (χ0) is 13.4. The zero-order valence-corrected chi connectivity index (χ0v) is 10.5. The standard InChI is InChI=1S/C15H17F3/c1-2-3-4-5-6-7-8-13-9-11-14(12-10-13)15(16,17)18/h9-12H,2-6H2,1H3. The summed E-state index contributed by atoms with van der Waals surface area (Å²) in [6.45, 7) is 2.15. The molecule has 0 saturated carbocycles. The number of halogens is 3. The van der Waals surface area contributed by atoms with Crippen molar-refractivity contribution in [3.05, 3.63) is 35.4 Å². The van der Waals surface area contributed by atoms with Crippen LogP contribution in [-0.2, 0) is 6.18 Å². The number of benzene rings is 1. The van der Waals surface area contributed by atoms with Gasteiger partial charge in [0.1, 0.15) is 0 Å². The third-order valence-corrected chi connectivity index (χ3v) is 2.60. The minimum absolute atomic E-state index is 0.629. The van der Waals surface area contributed by atoms with Gasteiger partial charge in [-0.3, -0.25) is 0 Å². The molecule has 0 N–H and O–H groups in total. The second-order valence-corrected chi connectivity index (χ2v) is 4.19. The van der Waals surface area contributed by atoms with Crippen molar-refractivity contribution in [1.29, 1.82) is 0 Å². The summed E-state index contributed by atoms with van der Waals surface area (Å²) >= 11 is 0. The molecule has 18 heavy (non-hydrogen) atoms. The number of hydrogen-bond donors (Lipinski definition) is 0. The minimum atomic E-state index is -4.27. The molecule has 1 rings (SSSR count). The lowest BCUT2D eigenvalue weighted by Gasteiger charge is -2.05. The molecule has 0 heterocycles. The van der Waals surface area contributed by atoms with Gasteiger partial charge in [-0.15, -0.1) is 0 Å². The zero-order valence-electron chi connectivity index (χ0n) is 10.5. The first-order valence-electron chi connectivity index (χ1n) is 6.20. The summed E-state index contributed by atoms with van der Waals surface area (Å²) < 4.78 is 36.9. The highest BCUT2D eigenvalue weighted by Crippen LogP contribution is 2.28. The maximum Gasteiger partial charge on any atom is 0.416 e. The quantitative estimate of drug-likeness (QED) is 0.522. The van der Waals surface area contributed by atoms with Crippen LogP contribution in [-0.4, -0.2) is 0 Å². The average Bonchev–Trinajstić information content (AvgIpc) is 2.33. The molecule has 0 aliphatic rings. The van der Waals surface area contributed by atoms with E-state index in [1.54, 1.807) is 0 Å². The molecule has 0 bridgehead atoms. The number of rotatable bonds is 4. The number of hydrogen-bond acceptors (Lipinski definition) is 0. The number of unbranched alkanes of at least 4 members (excludes halogenated alkanes) is 4. The molecule has 0 spiro atoms. The van der Waals surface area contributed by atoms with Crippen molar-refractivity contribution >= 4 is 0 Å². The molecule has 1 aromatic rings. The van der Waals surface area contributed by atoms with Crippen LogP contribution in [0.15, 0.2) is 24.3 Å². The van der Waals surface area contributed by atoms with Crippen molar-refractivity contribution in [3.8, 4) is 11.8 Å². The van der Waals surface area contributed by atoms with Crippen LogP contribution in [0.1, 0.15) is 50.2 Å². The van der Waals surface area contributed by atoms with Gasteiger partial charge in [0, 0.05) is 12.0 Å². The average molecular weight is 254 g/mol. The van der Waals surface area contributed by atoms with Crippen molar-refractivity contribution in [2.24, 2.45) is 0 Å². The predicted molar refractivity (Wildman–Crippen MR) is 67.1 cm³/mol. The molecular formula is C15H17F3. The molecule has 0 saturated heterocycles. The normalized spacial score (nSPS) is 10.9.